The van der Waals surface area contributed by atoms with E-state index in [9.17, 15) is 9.90 Å². The van der Waals surface area contributed by atoms with E-state index >= 15 is 0 Å². The van der Waals surface area contributed by atoms with E-state index in [4.69, 9.17) is 0 Å². The first-order valence-corrected chi connectivity index (χ1v) is 4.22. The second-order valence-electron chi connectivity index (χ2n) is 3.12. The highest BCUT2D eigenvalue weighted by Crippen LogP contribution is 2.22. The molecule has 0 aliphatic carbocycles. The molecule has 0 aromatic heterocycles. The van der Waals surface area contributed by atoms with Crippen LogP contribution in [-0.4, -0.2) is 20.1 Å². The van der Waals surface area contributed by atoms with E-state index in [2.05, 4.69) is 6.58 Å². The van der Waals surface area contributed by atoms with Gasteiger partial charge in [0.1, 0.15) is 0 Å². The van der Waals surface area contributed by atoms with Crippen molar-refractivity contribution in [3.63, 3.8) is 0 Å². The molecule has 0 aliphatic rings. The predicted octanol–water partition coefficient (Wildman–Crippen LogP) is 0.759. The molecule has 0 amide bonds. The molecule has 0 radical (unpaired) electrons. The SMILES string of the molecule is C=Cc1c(C(=O)[O-])cccc1N(C)C. The maximum absolute atomic E-state index is 10.8. The number of benzene rings is 1. The summed E-state index contributed by atoms with van der Waals surface area (Å²) in [7, 11) is 3.70. The molecule has 0 heterocycles. The lowest BCUT2D eigenvalue weighted by Gasteiger charge is -2.18. The van der Waals surface area contributed by atoms with E-state index in [0.29, 0.717) is 5.56 Å². The molecule has 1 aromatic carbocycles. The molecule has 74 valence electrons. The van der Waals surface area contributed by atoms with Crippen molar-refractivity contribution in [3.8, 4) is 0 Å². The summed E-state index contributed by atoms with van der Waals surface area (Å²) in [6, 6.07) is 5.04. The molecule has 1 aromatic rings. The van der Waals surface area contributed by atoms with Crippen molar-refractivity contribution in [2.75, 3.05) is 19.0 Å². The molecule has 0 N–H and O–H groups in total. The zero-order chi connectivity index (χ0) is 10.7. The van der Waals surface area contributed by atoms with Crippen LogP contribution in [-0.2, 0) is 0 Å². The van der Waals surface area contributed by atoms with Gasteiger partial charge in [-0.1, -0.05) is 24.8 Å². The van der Waals surface area contributed by atoms with Crippen LogP contribution in [0.1, 0.15) is 15.9 Å². The van der Waals surface area contributed by atoms with Gasteiger partial charge in [0.2, 0.25) is 0 Å². The average Bonchev–Trinajstić information content (AvgIpc) is 2.16. The summed E-state index contributed by atoms with van der Waals surface area (Å²) in [5, 5.41) is 10.8. The van der Waals surface area contributed by atoms with Gasteiger partial charge in [-0.2, -0.15) is 0 Å². The zero-order valence-corrected chi connectivity index (χ0v) is 8.28. The summed E-state index contributed by atoms with van der Waals surface area (Å²) in [5.41, 5.74) is 1.59. The van der Waals surface area contributed by atoms with Crippen molar-refractivity contribution in [1.82, 2.24) is 0 Å². The number of hydrogen-bond acceptors (Lipinski definition) is 3. The van der Waals surface area contributed by atoms with Crippen LogP contribution in [0.3, 0.4) is 0 Å². The minimum absolute atomic E-state index is 0.172. The molecule has 3 nitrogen and oxygen atoms in total. The van der Waals surface area contributed by atoms with Gasteiger partial charge in [-0.3, -0.25) is 0 Å². The average molecular weight is 190 g/mol. The molecule has 0 saturated heterocycles. The molecule has 0 unspecified atom stereocenters. The highest BCUT2D eigenvalue weighted by Gasteiger charge is 2.06. The number of nitrogens with zero attached hydrogens (tertiary/aromatic N) is 1. The van der Waals surface area contributed by atoms with Crippen LogP contribution in [0.5, 0.6) is 0 Å². The molecule has 0 aliphatic heterocycles. The smallest absolute Gasteiger partial charge is 0.0722 e. The van der Waals surface area contributed by atoms with E-state index in [1.165, 1.54) is 12.1 Å². The van der Waals surface area contributed by atoms with Crippen molar-refractivity contribution >= 4 is 17.7 Å². The van der Waals surface area contributed by atoms with E-state index in [-0.39, 0.29) is 5.56 Å². The third-order valence-electron chi connectivity index (χ3n) is 1.99. The first-order chi connectivity index (χ1) is 6.57. The maximum atomic E-state index is 10.8. The summed E-state index contributed by atoms with van der Waals surface area (Å²) in [6.45, 7) is 3.60. The van der Waals surface area contributed by atoms with E-state index in [0.717, 1.165) is 5.69 Å². The fourth-order valence-corrected chi connectivity index (χ4v) is 1.34. The molecule has 0 spiro atoms. The second kappa shape index (κ2) is 3.96. The van der Waals surface area contributed by atoms with Crippen LogP contribution in [0, 0.1) is 0 Å². The number of carbonyl (C=O) groups excluding carboxylic acids is 1. The highest BCUT2D eigenvalue weighted by molar-refractivity contribution is 5.93. The van der Waals surface area contributed by atoms with Crippen LogP contribution < -0.4 is 10.0 Å². The molecule has 14 heavy (non-hydrogen) atoms. The molecule has 0 atom stereocenters. The third-order valence-corrected chi connectivity index (χ3v) is 1.99. The zero-order valence-electron chi connectivity index (χ0n) is 8.28. The molecule has 1 rings (SSSR count). The first kappa shape index (κ1) is 10.3. The van der Waals surface area contributed by atoms with E-state index in [1.54, 1.807) is 6.07 Å². The minimum atomic E-state index is -1.18. The lowest BCUT2D eigenvalue weighted by atomic mass is 10.0. The number of aromatic carboxylic acids is 1. The summed E-state index contributed by atoms with van der Waals surface area (Å²) in [6.07, 6.45) is 1.53. The van der Waals surface area contributed by atoms with Gasteiger partial charge >= 0.3 is 0 Å². The Labute approximate surface area is 83.3 Å². The van der Waals surface area contributed by atoms with Gasteiger partial charge in [-0.05, 0) is 6.07 Å². The van der Waals surface area contributed by atoms with Crippen molar-refractivity contribution in [2.45, 2.75) is 0 Å². The Morgan fingerprint density at radius 3 is 2.57 bits per heavy atom. The first-order valence-electron chi connectivity index (χ1n) is 4.22. The van der Waals surface area contributed by atoms with Crippen LogP contribution in [0.25, 0.3) is 6.08 Å². The van der Waals surface area contributed by atoms with Crippen molar-refractivity contribution in [2.24, 2.45) is 0 Å². The molecular weight excluding hydrogens is 178 g/mol. The third kappa shape index (κ3) is 1.76. The van der Waals surface area contributed by atoms with Gasteiger partial charge in [-0.25, -0.2) is 0 Å². The normalized spacial score (nSPS) is 9.57. The van der Waals surface area contributed by atoms with Gasteiger partial charge in [0.15, 0.2) is 0 Å². The van der Waals surface area contributed by atoms with Crippen LogP contribution in [0.4, 0.5) is 5.69 Å². The summed E-state index contributed by atoms with van der Waals surface area (Å²) in [5.74, 6) is -1.18. The van der Waals surface area contributed by atoms with Gasteiger partial charge in [0, 0.05) is 30.9 Å². The number of anilines is 1. The maximum Gasteiger partial charge on any atom is 0.0722 e. The molecular formula is C11H12NO2-. The summed E-state index contributed by atoms with van der Waals surface area (Å²) < 4.78 is 0. The molecule has 0 bridgehead atoms. The van der Waals surface area contributed by atoms with Crippen LogP contribution >= 0.6 is 0 Å². The summed E-state index contributed by atoms with van der Waals surface area (Å²) >= 11 is 0. The van der Waals surface area contributed by atoms with Crippen molar-refractivity contribution in [1.29, 1.82) is 0 Å². The van der Waals surface area contributed by atoms with Gasteiger partial charge in [-0.15, -0.1) is 0 Å². The lowest BCUT2D eigenvalue weighted by Crippen LogP contribution is -2.24. The fourth-order valence-electron chi connectivity index (χ4n) is 1.34. The van der Waals surface area contributed by atoms with E-state index in [1.807, 2.05) is 25.1 Å². The minimum Gasteiger partial charge on any atom is -0.545 e. The molecule has 0 saturated carbocycles. The Kier molecular flexibility index (Phi) is 2.92. The van der Waals surface area contributed by atoms with E-state index < -0.39 is 5.97 Å². The fraction of sp³-hybridized carbons (Fsp3) is 0.182. The Morgan fingerprint density at radius 2 is 2.14 bits per heavy atom. The summed E-state index contributed by atoms with van der Waals surface area (Å²) in [4.78, 5) is 12.6. The Balaban J connectivity index is 3.39. The number of carboxylic acids is 1. The predicted molar refractivity (Wildman–Crippen MR) is 55.2 cm³/mol. The topological polar surface area (TPSA) is 43.4 Å². The molecule has 0 fully saturated rings. The monoisotopic (exact) mass is 190 g/mol. The van der Waals surface area contributed by atoms with Crippen LogP contribution in [0.15, 0.2) is 24.8 Å². The number of hydrogen-bond donors (Lipinski definition) is 0. The Morgan fingerprint density at radius 1 is 1.50 bits per heavy atom. The quantitative estimate of drug-likeness (QED) is 0.706. The van der Waals surface area contributed by atoms with Gasteiger partial charge < -0.3 is 14.8 Å². The number of carboxylic acid groups (broad SMARTS) is 1. The highest BCUT2D eigenvalue weighted by atomic mass is 16.4. The number of carbonyl (C=O) groups is 1. The van der Waals surface area contributed by atoms with Crippen molar-refractivity contribution < 1.29 is 9.90 Å². The standard InChI is InChI=1S/C11H13NO2/c1-4-8-9(11(13)14)6-5-7-10(8)12(2)3/h4-7H,1H2,2-3H3,(H,13,14)/p-1. The Hall–Kier alpha value is -1.77. The van der Waals surface area contributed by atoms with Gasteiger partial charge in [0.05, 0.1) is 5.97 Å². The Bertz CT molecular complexity index is 370. The number of rotatable bonds is 3. The largest absolute Gasteiger partial charge is 0.545 e. The lowest BCUT2D eigenvalue weighted by molar-refractivity contribution is -0.255. The van der Waals surface area contributed by atoms with Gasteiger partial charge in [0.25, 0.3) is 0 Å². The second-order valence-corrected chi connectivity index (χ2v) is 3.12. The van der Waals surface area contributed by atoms with Crippen molar-refractivity contribution in [3.05, 3.63) is 35.9 Å². The molecule has 3 heteroatoms. The van der Waals surface area contributed by atoms with Crippen LogP contribution in [0.2, 0.25) is 0 Å².